The van der Waals surface area contributed by atoms with Gasteiger partial charge >= 0.3 is 19.5 Å². The highest BCUT2D eigenvalue weighted by Crippen LogP contribution is 2.57. The van der Waals surface area contributed by atoms with Gasteiger partial charge in [0.05, 0.1) is 19.6 Å². The highest BCUT2D eigenvalue weighted by atomic mass is 31.2. The number of carbonyl (C=O) groups excluding carboxylic acids is 2. The van der Waals surface area contributed by atoms with Gasteiger partial charge in [-0.1, -0.05) is 58.0 Å². The zero-order chi connectivity index (χ0) is 26.9. The molecule has 8 heteroatoms. The molecule has 0 saturated heterocycles. The number of hydrogen-bond acceptors (Lipinski definition) is 7. The van der Waals surface area contributed by atoms with Crippen molar-refractivity contribution < 1.29 is 32.7 Å². The molecule has 1 aromatic carbocycles. The minimum Gasteiger partial charge on any atom is -0.461 e. The third kappa shape index (κ3) is 11.7. The fourth-order valence-corrected chi connectivity index (χ4v) is 6.59. The smallest absolute Gasteiger partial charge is 0.344 e. The monoisotopic (exact) mass is 512 g/mol. The lowest BCUT2D eigenvalue weighted by molar-refractivity contribution is -0.156. The molecule has 0 N–H and O–H groups in total. The molecule has 0 bridgehead atoms. The van der Waals surface area contributed by atoms with Crippen LogP contribution in [-0.2, 0) is 39.3 Å². The van der Waals surface area contributed by atoms with E-state index in [0.717, 1.165) is 5.56 Å². The van der Waals surface area contributed by atoms with E-state index in [1.165, 1.54) is 0 Å². The molecule has 0 aliphatic rings. The fraction of sp³-hybridized carbons (Fsp3) is 0.704. The third-order valence-electron chi connectivity index (χ3n) is 5.25. The first-order valence-corrected chi connectivity index (χ1v) is 13.9. The van der Waals surface area contributed by atoms with Crippen LogP contribution in [0.4, 0.5) is 0 Å². The molecule has 1 atom stereocenters. The first kappa shape index (κ1) is 31.3. The van der Waals surface area contributed by atoms with Gasteiger partial charge in [-0.25, -0.2) is 0 Å². The molecule has 7 nitrogen and oxygen atoms in total. The Kier molecular flexibility index (Phi) is 11.7. The lowest BCUT2D eigenvalue weighted by Crippen LogP contribution is -2.37. The topological polar surface area (TPSA) is 88.1 Å². The van der Waals surface area contributed by atoms with Crippen molar-refractivity contribution >= 4 is 19.5 Å². The van der Waals surface area contributed by atoms with Crippen LogP contribution in [0, 0.1) is 10.8 Å². The average molecular weight is 513 g/mol. The minimum absolute atomic E-state index is 0.149. The Balaban J connectivity index is 2.98. The van der Waals surface area contributed by atoms with Gasteiger partial charge in [0.2, 0.25) is 0 Å². The molecule has 1 aromatic rings. The Bertz CT molecular complexity index is 846. The van der Waals surface area contributed by atoms with Crippen molar-refractivity contribution in [3.63, 3.8) is 0 Å². The first-order valence-electron chi connectivity index (χ1n) is 12.3. The maximum absolute atomic E-state index is 13.7. The van der Waals surface area contributed by atoms with Crippen LogP contribution in [0.5, 0.6) is 0 Å². The van der Waals surface area contributed by atoms with Crippen LogP contribution in [0.15, 0.2) is 30.3 Å². The second-order valence-corrected chi connectivity index (χ2v) is 13.7. The Morgan fingerprint density at radius 3 is 1.91 bits per heavy atom. The predicted octanol–water partition coefficient (Wildman–Crippen LogP) is 6.93. The van der Waals surface area contributed by atoms with Crippen molar-refractivity contribution in [2.75, 3.05) is 13.2 Å². The van der Waals surface area contributed by atoms with Crippen molar-refractivity contribution in [1.29, 1.82) is 0 Å². The summed E-state index contributed by atoms with van der Waals surface area (Å²) in [6.07, 6.45) is 1.02. The molecule has 0 radical (unpaired) electrons. The number of carbonyl (C=O) groups is 2. The van der Waals surface area contributed by atoms with Gasteiger partial charge in [0.1, 0.15) is 12.2 Å². The van der Waals surface area contributed by atoms with Gasteiger partial charge < -0.3 is 18.5 Å². The van der Waals surface area contributed by atoms with Crippen LogP contribution in [0.2, 0.25) is 0 Å². The number of ether oxygens (including phenoxy) is 2. The largest absolute Gasteiger partial charge is 0.461 e. The lowest BCUT2D eigenvalue weighted by atomic mass is 9.71. The van der Waals surface area contributed by atoms with E-state index in [9.17, 15) is 14.2 Å². The van der Waals surface area contributed by atoms with Crippen molar-refractivity contribution in [3.05, 3.63) is 35.9 Å². The normalized spacial score (nSPS) is 13.9. The molecule has 0 heterocycles. The Morgan fingerprint density at radius 1 is 0.886 bits per heavy atom. The minimum atomic E-state index is -3.77. The van der Waals surface area contributed by atoms with Crippen molar-refractivity contribution in [2.24, 2.45) is 10.8 Å². The molecule has 0 aliphatic carbocycles. The van der Waals surface area contributed by atoms with E-state index in [1.807, 2.05) is 58.0 Å². The molecule has 0 saturated carbocycles. The highest BCUT2D eigenvalue weighted by molar-refractivity contribution is 7.55. The molecule has 1 rings (SSSR count). The summed E-state index contributed by atoms with van der Waals surface area (Å²) in [7, 11) is -3.77. The zero-order valence-electron chi connectivity index (χ0n) is 23.0. The van der Waals surface area contributed by atoms with Gasteiger partial charge in [-0.3, -0.25) is 14.2 Å². The summed E-state index contributed by atoms with van der Waals surface area (Å²) in [5.41, 5.74) is -1.78. The molecule has 0 aromatic heterocycles. The van der Waals surface area contributed by atoms with E-state index in [1.54, 1.807) is 34.6 Å². The number of rotatable bonds is 14. The molecule has 200 valence electrons. The summed E-state index contributed by atoms with van der Waals surface area (Å²) in [4.78, 5) is 25.7. The molecule has 0 fully saturated rings. The summed E-state index contributed by atoms with van der Waals surface area (Å²) < 4.78 is 35.8. The van der Waals surface area contributed by atoms with Gasteiger partial charge in [-0.15, -0.1) is 0 Å². The highest BCUT2D eigenvalue weighted by Gasteiger charge is 2.47. The van der Waals surface area contributed by atoms with Gasteiger partial charge in [0.25, 0.3) is 0 Å². The van der Waals surface area contributed by atoms with Gasteiger partial charge in [0.15, 0.2) is 5.66 Å². The summed E-state index contributed by atoms with van der Waals surface area (Å²) in [6.45, 7) is 17.2. The molecule has 1 unspecified atom stereocenters. The van der Waals surface area contributed by atoms with Crippen LogP contribution in [0.1, 0.15) is 87.1 Å². The van der Waals surface area contributed by atoms with E-state index in [2.05, 4.69) is 0 Å². The third-order valence-corrected chi connectivity index (χ3v) is 7.64. The van der Waals surface area contributed by atoms with Gasteiger partial charge in [0, 0.05) is 0 Å². The van der Waals surface area contributed by atoms with Crippen LogP contribution in [0.3, 0.4) is 0 Å². The standard InChI is InChI=1S/C27H45O7P/c1-10-32-35(30,33-11-2)22(24(29)34-25(3,4)5)17-26(6,7)20-27(8,9)18-23(28)31-19-21-15-13-12-14-16-21/h12-16,22H,10-11,17-20H2,1-9H3. The quantitative estimate of drug-likeness (QED) is 0.197. The molecule has 0 spiro atoms. The molecule has 35 heavy (non-hydrogen) atoms. The second-order valence-electron chi connectivity index (χ2n) is 11.5. The van der Waals surface area contributed by atoms with Crippen LogP contribution < -0.4 is 0 Å². The summed E-state index contributed by atoms with van der Waals surface area (Å²) >= 11 is 0. The van der Waals surface area contributed by atoms with Gasteiger partial charge in [-0.2, -0.15) is 0 Å². The fourth-order valence-electron chi connectivity index (χ4n) is 4.40. The lowest BCUT2D eigenvalue weighted by Gasteiger charge is -2.38. The maximum atomic E-state index is 13.7. The number of esters is 2. The summed E-state index contributed by atoms with van der Waals surface area (Å²) in [5.74, 6) is -0.886. The SMILES string of the molecule is CCOP(=O)(OCC)C(CC(C)(C)CC(C)(C)CC(=O)OCc1ccccc1)C(=O)OC(C)(C)C. The molecular formula is C27H45O7P. The van der Waals surface area contributed by atoms with E-state index in [0.29, 0.717) is 6.42 Å². The van der Waals surface area contributed by atoms with Crippen LogP contribution in [-0.4, -0.2) is 36.4 Å². The van der Waals surface area contributed by atoms with Crippen molar-refractivity contribution in [3.8, 4) is 0 Å². The zero-order valence-corrected chi connectivity index (χ0v) is 23.9. The number of benzene rings is 1. The van der Waals surface area contributed by atoms with E-state index < -0.39 is 35.7 Å². The molecular weight excluding hydrogens is 467 g/mol. The average Bonchev–Trinajstić information content (AvgIpc) is 2.69. The Morgan fingerprint density at radius 2 is 1.43 bits per heavy atom. The second kappa shape index (κ2) is 13.0. The van der Waals surface area contributed by atoms with E-state index >= 15 is 0 Å². The Hall–Kier alpha value is -1.69. The molecule has 0 aliphatic heterocycles. The van der Waals surface area contributed by atoms with E-state index in [4.69, 9.17) is 18.5 Å². The summed E-state index contributed by atoms with van der Waals surface area (Å²) in [6, 6.07) is 9.54. The molecule has 0 amide bonds. The Labute approximate surface area is 211 Å². The van der Waals surface area contributed by atoms with Crippen molar-refractivity contribution in [2.45, 2.75) is 99.4 Å². The van der Waals surface area contributed by atoms with Crippen molar-refractivity contribution in [1.82, 2.24) is 0 Å². The predicted molar refractivity (Wildman–Crippen MR) is 138 cm³/mol. The first-order chi connectivity index (χ1) is 16.0. The number of hydrogen-bond donors (Lipinski definition) is 0. The maximum Gasteiger partial charge on any atom is 0.344 e. The summed E-state index contributed by atoms with van der Waals surface area (Å²) in [5, 5.41) is 0. The van der Waals surface area contributed by atoms with E-state index in [-0.39, 0.29) is 38.6 Å². The van der Waals surface area contributed by atoms with Gasteiger partial charge in [-0.05, 0) is 63.9 Å². The van der Waals surface area contributed by atoms with Crippen LogP contribution >= 0.6 is 7.60 Å². The van der Waals surface area contributed by atoms with Crippen LogP contribution in [0.25, 0.3) is 0 Å².